The molecule has 3 rings (SSSR count). The number of benzene rings is 2. The summed E-state index contributed by atoms with van der Waals surface area (Å²) in [6.07, 6.45) is 2.33. The Balaban J connectivity index is 1.49. The van der Waals surface area contributed by atoms with E-state index in [1.165, 1.54) is 0 Å². The van der Waals surface area contributed by atoms with Gasteiger partial charge >= 0.3 is 6.03 Å². The van der Waals surface area contributed by atoms with Crippen LogP contribution >= 0.6 is 0 Å². The highest BCUT2D eigenvalue weighted by Crippen LogP contribution is 2.19. The van der Waals surface area contributed by atoms with Crippen LogP contribution in [0.2, 0.25) is 0 Å². The summed E-state index contributed by atoms with van der Waals surface area (Å²) in [5.74, 6) is 0.839. The zero-order valence-electron chi connectivity index (χ0n) is 15.3. The Hall–Kier alpha value is -3.34. The number of carbonyl (C=O) groups excluding carboxylic acids is 1. The topological polar surface area (TPSA) is 63.2 Å². The van der Waals surface area contributed by atoms with Crippen LogP contribution in [0.25, 0.3) is 0 Å². The summed E-state index contributed by atoms with van der Waals surface area (Å²) in [6.45, 7) is 2.93. The number of hydrogen-bond donors (Lipinski definition) is 2. The first-order valence-electron chi connectivity index (χ1n) is 8.93. The first-order chi connectivity index (χ1) is 13.2. The van der Waals surface area contributed by atoms with Gasteiger partial charge in [0.15, 0.2) is 0 Å². The maximum absolute atomic E-state index is 12.0. The summed E-state index contributed by atoms with van der Waals surface area (Å²) in [5, 5.41) is 5.63. The van der Waals surface area contributed by atoms with E-state index in [4.69, 9.17) is 4.74 Å². The second-order valence-corrected chi connectivity index (χ2v) is 6.20. The van der Waals surface area contributed by atoms with Crippen molar-refractivity contribution in [1.29, 1.82) is 0 Å². The van der Waals surface area contributed by atoms with Crippen LogP contribution in [0.5, 0.6) is 5.75 Å². The van der Waals surface area contributed by atoms with Crippen molar-refractivity contribution in [2.45, 2.75) is 20.0 Å². The Morgan fingerprint density at radius 3 is 2.56 bits per heavy atom. The number of aryl methyl sites for hydroxylation is 1. The Morgan fingerprint density at radius 2 is 1.78 bits per heavy atom. The predicted molar refractivity (Wildman–Crippen MR) is 107 cm³/mol. The zero-order valence-corrected chi connectivity index (χ0v) is 15.3. The minimum Gasteiger partial charge on any atom is -0.489 e. The number of hydrogen-bond acceptors (Lipinski definition) is 3. The number of carbonyl (C=O) groups is 1. The van der Waals surface area contributed by atoms with Crippen LogP contribution in [0.4, 0.5) is 10.5 Å². The van der Waals surface area contributed by atoms with Gasteiger partial charge in [-0.3, -0.25) is 4.98 Å². The highest BCUT2D eigenvalue weighted by molar-refractivity contribution is 5.88. The van der Waals surface area contributed by atoms with Crippen molar-refractivity contribution in [3.8, 4) is 5.75 Å². The van der Waals surface area contributed by atoms with E-state index < -0.39 is 0 Å². The number of ether oxygens (including phenoxy) is 1. The number of pyridine rings is 1. The van der Waals surface area contributed by atoms with E-state index in [2.05, 4.69) is 15.6 Å². The molecule has 0 unspecified atom stereocenters. The normalized spacial score (nSPS) is 10.3. The number of amides is 2. The lowest BCUT2D eigenvalue weighted by Gasteiger charge is -2.12. The van der Waals surface area contributed by atoms with Gasteiger partial charge < -0.3 is 15.4 Å². The number of nitrogens with zero attached hydrogens (tertiary/aromatic N) is 1. The van der Waals surface area contributed by atoms with E-state index in [1.807, 2.05) is 73.7 Å². The Morgan fingerprint density at radius 1 is 1.00 bits per heavy atom. The first kappa shape index (κ1) is 18.5. The van der Waals surface area contributed by atoms with E-state index >= 15 is 0 Å². The van der Waals surface area contributed by atoms with Gasteiger partial charge in [0.1, 0.15) is 12.4 Å². The highest BCUT2D eigenvalue weighted by Gasteiger charge is 2.06. The monoisotopic (exact) mass is 361 g/mol. The third-order valence-electron chi connectivity index (χ3n) is 4.06. The van der Waals surface area contributed by atoms with E-state index in [9.17, 15) is 4.79 Å². The molecular weight excluding hydrogens is 338 g/mol. The van der Waals surface area contributed by atoms with Crippen LogP contribution in [-0.4, -0.2) is 17.6 Å². The average molecular weight is 361 g/mol. The molecule has 27 heavy (non-hydrogen) atoms. The molecule has 2 amide bonds. The number of aromatic nitrogens is 1. The van der Waals surface area contributed by atoms with Crippen LogP contribution in [-0.2, 0) is 13.0 Å². The molecule has 0 aliphatic carbocycles. The minimum atomic E-state index is -0.247. The first-order valence-corrected chi connectivity index (χ1v) is 8.93. The van der Waals surface area contributed by atoms with Crippen molar-refractivity contribution in [2.75, 3.05) is 11.9 Å². The standard InChI is InChI=1S/C22H23N3O2/c1-17-11-12-20(15-24-17)25-22(26)23-14-13-19-9-5-6-10-21(19)27-16-18-7-3-2-4-8-18/h2-12,15H,13-14,16H2,1H3,(H2,23,25,26). The predicted octanol–water partition coefficient (Wildman–Crippen LogP) is 4.33. The van der Waals surface area contributed by atoms with E-state index in [0.717, 1.165) is 22.6 Å². The minimum absolute atomic E-state index is 0.247. The van der Waals surface area contributed by atoms with Crippen molar-refractivity contribution in [1.82, 2.24) is 10.3 Å². The molecule has 0 saturated carbocycles. The number of nitrogens with one attached hydrogen (secondary N) is 2. The fraction of sp³-hybridized carbons (Fsp3) is 0.182. The van der Waals surface area contributed by atoms with Gasteiger partial charge in [0.05, 0.1) is 11.9 Å². The van der Waals surface area contributed by atoms with Crippen LogP contribution in [0.1, 0.15) is 16.8 Å². The van der Waals surface area contributed by atoms with Gasteiger partial charge in [-0.25, -0.2) is 4.79 Å². The van der Waals surface area contributed by atoms with Crippen molar-refractivity contribution in [3.63, 3.8) is 0 Å². The number of para-hydroxylation sites is 1. The van der Waals surface area contributed by atoms with Crippen LogP contribution in [0.15, 0.2) is 72.9 Å². The molecule has 3 aromatic rings. The van der Waals surface area contributed by atoms with Gasteiger partial charge in [0, 0.05) is 12.2 Å². The summed E-state index contributed by atoms with van der Waals surface area (Å²) in [5.41, 5.74) is 3.76. The molecule has 0 aliphatic heterocycles. The largest absolute Gasteiger partial charge is 0.489 e. The molecular formula is C22H23N3O2. The van der Waals surface area contributed by atoms with Crippen molar-refractivity contribution in [3.05, 3.63) is 89.7 Å². The molecule has 0 saturated heterocycles. The Kier molecular flexibility index (Phi) is 6.41. The maximum Gasteiger partial charge on any atom is 0.319 e. The molecule has 0 fully saturated rings. The van der Waals surface area contributed by atoms with E-state index in [1.54, 1.807) is 6.20 Å². The molecule has 5 heteroatoms. The van der Waals surface area contributed by atoms with Gasteiger partial charge in [-0.2, -0.15) is 0 Å². The van der Waals surface area contributed by atoms with Gasteiger partial charge in [0.25, 0.3) is 0 Å². The summed E-state index contributed by atoms with van der Waals surface area (Å²) < 4.78 is 5.95. The fourth-order valence-electron chi connectivity index (χ4n) is 2.61. The van der Waals surface area contributed by atoms with Crippen molar-refractivity contribution < 1.29 is 9.53 Å². The maximum atomic E-state index is 12.0. The average Bonchev–Trinajstić information content (AvgIpc) is 2.70. The van der Waals surface area contributed by atoms with Crippen LogP contribution in [0.3, 0.4) is 0 Å². The SMILES string of the molecule is Cc1ccc(NC(=O)NCCc2ccccc2OCc2ccccc2)cn1. The molecule has 1 aromatic heterocycles. The van der Waals surface area contributed by atoms with E-state index in [-0.39, 0.29) is 6.03 Å². The summed E-state index contributed by atoms with van der Waals surface area (Å²) in [4.78, 5) is 16.2. The number of urea groups is 1. The number of anilines is 1. The molecule has 2 aromatic carbocycles. The molecule has 1 heterocycles. The van der Waals surface area contributed by atoms with Gasteiger partial charge in [-0.1, -0.05) is 48.5 Å². The number of rotatable bonds is 7. The van der Waals surface area contributed by atoms with Crippen LogP contribution in [0, 0.1) is 6.92 Å². The smallest absolute Gasteiger partial charge is 0.319 e. The van der Waals surface area contributed by atoms with Crippen molar-refractivity contribution in [2.24, 2.45) is 0 Å². The fourth-order valence-corrected chi connectivity index (χ4v) is 2.61. The summed E-state index contributed by atoms with van der Waals surface area (Å²) in [6, 6.07) is 21.4. The Labute approximate surface area is 159 Å². The lowest BCUT2D eigenvalue weighted by molar-refractivity contribution is 0.252. The second kappa shape index (κ2) is 9.38. The van der Waals surface area contributed by atoms with E-state index in [0.29, 0.717) is 25.3 Å². The van der Waals surface area contributed by atoms with Gasteiger partial charge in [-0.15, -0.1) is 0 Å². The van der Waals surface area contributed by atoms with Gasteiger partial charge in [0.2, 0.25) is 0 Å². The third kappa shape index (κ3) is 5.85. The molecule has 0 aliphatic rings. The third-order valence-corrected chi connectivity index (χ3v) is 4.06. The molecule has 0 spiro atoms. The van der Waals surface area contributed by atoms with Gasteiger partial charge in [-0.05, 0) is 42.7 Å². The quantitative estimate of drug-likeness (QED) is 0.658. The molecule has 0 bridgehead atoms. The molecule has 138 valence electrons. The van der Waals surface area contributed by atoms with Crippen LogP contribution < -0.4 is 15.4 Å². The zero-order chi connectivity index (χ0) is 18.9. The molecule has 0 radical (unpaired) electrons. The molecule has 2 N–H and O–H groups in total. The second-order valence-electron chi connectivity index (χ2n) is 6.20. The summed E-state index contributed by atoms with van der Waals surface area (Å²) in [7, 11) is 0. The van der Waals surface area contributed by atoms with Crippen molar-refractivity contribution >= 4 is 11.7 Å². The Bertz CT molecular complexity index is 864. The highest BCUT2D eigenvalue weighted by atomic mass is 16.5. The lowest BCUT2D eigenvalue weighted by Crippen LogP contribution is -2.30. The summed E-state index contributed by atoms with van der Waals surface area (Å²) >= 11 is 0. The molecule has 0 atom stereocenters. The lowest BCUT2D eigenvalue weighted by atomic mass is 10.1. The molecule has 5 nitrogen and oxygen atoms in total.